The van der Waals surface area contributed by atoms with Crippen molar-refractivity contribution in [1.29, 1.82) is 0 Å². The molecule has 0 aliphatic heterocycles. The summed E-state index contributed by atoms with van der Waals surface area (Å²) in [4.78, 5) is 50.0. The number of hydrogen-bond donors (Lipinski definition) is 1. The van der Waals surface area contributed by atoms with E-state index in [4.69, 9.17) is 9.84 Å². The Labute approximate surface area is 280 Å². The smallest absolute Gasteiger partial charge is 0.316 e. The highest BCUT2D eigenvalue weighted by molar-refractivity contribution is 8.00. The molecule has 0 aliphatic carbocycles. The Morgan fingerprint density at radius 3 is 1.41 bits per heavy atom. The lowest BCUT2D eigenvalue weighted by molar-refractivity contribution is -0.154. The zero-order chi connectivity index (χ0) is 33.5. The summed E-state index contributed by atoms with van der Waals surface area (Å²) in [6.07, 6.45) is 0.402. The number of thioether (sulfide) groups is 2. The first kappa shape index (κ1) is 36.5. The molecule has 4 aromatic carbocycles. The maximum Gasteiger partial charge on any atom is 0.316 e. The molecule has 46 heavy (non-hydrogen) atoms. The van der Waals surface area contributed by atoms with Crippen molar-refractivity contribution >= 4 is 46.8 Å². The fourth-order valence-corrected chi connectivity index (χ4v) is 5.68. The van der Waals surface area contributed by atoms with Crippen LogP contribution in [0.15, 0.2) is 119 Å². The molecule has 0 spiro atoms. The van der Waals surface area contributed by atoms with Gasteiger partial charge in [0.15, 0.2) is 11.6 Å². The van der Waals surface area contributed by atoms with Crippen LogP contribution in [-0.2, 0) is 14.3 Å². The quantitative estimate of drug-likeness (QED) is 0.0830. The van der Waals surface area contributed by atoms with Gasteiger partial charge in [-0.15, -0.1) is 23.5 Å². The first-order valence-electron chi connectivity index (χ1n) is 15.0. The van der Waals surface area contributed by atoms with Gasteiger partial charge in [-0.25, -0.2) is 0 Å². The molecule has 1 N–H and O–H groups in total. The molecule has 4 rings (SSSR count). The average molecular weight is 657 g/mol. The minimum Gasteiger partial charge on any atom is -0.459 e. The Bertz CT molecular complexity index is 1570. The van der Waals surface area contributed by atoms with Crippen LogP contribution in [0, 0.1) is 5.92 Å². The number of ketones is 3. The number of carbonyl (C=O) groups excluding carboxylic acids is 4. The van der Waals surface area contributed by atoms with Crippen molar-refractivity contribution in [2.75, 3.05) is 18.1 Å². The van der Waals surface area contributed by atoms with E-state index in [0.29, 0.717) is 34.4 Å². The summed E-state index contributed by atoms with van der Waals surface area (Å²) in [5.74, 6) is 0.631. The molecule has 0 bridgehead atoms. The minimum atomic E-state index is -0.668. The van der Waals surface area contributed by atoms with E-state index in [1.807, 2.05) is 98.8 Å². The summed E-state index contributed by atoms with van der Waals surface area (Å²) in [5.41, 5.74) is 1.95. The molecule has 0 aromatic heterocycles. The Morgan fingerprint density at radius 1 is 0.630 bits per heavy atom. The van der Waals surface area contributed by atoms with Crippen LogP contribution < -0.4 is 0 Å². The van der Waals surface area contributed by atoms with E-state index in [0.717, 1.165) is 9.79 Å². The highest BCUT2D eigenvalue weighted by Crippen LogP contribution is 2.23. The van der Waals surface area contributed by atoms with Gasteiger partial charge in [-0.3, -0.25) is 19.2 Å². The molecule has 6 nitrogen and oxygen atoms in total. The van der Waals surface area contributed by atoms with E-state index in [2.05, 4.69) is 0 Å². The van der Waals surface area contributed by atoms with Gasteiger partial charge in [0.25, 0.3) is 0 Å². The molecule has 240 valence electrons. The van der Waals surface area contributed by atoms with Crippen LogP contribution in [0.25, 0.3) is 0 Å². The third kappa shape index (κ3) is 12.1. The molecule has 0 heterocycles. The molecule has 0 atom stereocenters. The van der Waals surface area contributed by atoms with Crippen LogP contribution in [0.4, 0.5) is 0 Å². The van der Waals surface area contributed by atoms with Crippen molar-refractivity contribution in [3.8, 4) is 0 Å². The van der Waals surface area contributed by atoms with Crippen molar-refractivity contribution in [3.05, 3.63) is 131 Å². The van der Waals surface area contributed by atoms with Crippen LogP contribution in [0.2, 0.25) is 0 Å². The van der Waals surface area contributed by atoms with Crippen molar-refractivity contribution in [1.82, 2.24) is 0 Å². The number of aliphatic hydroxyl groups is 1. The number of carbonyl (C=O) groups is 4. The average Bonchev–Trinajstić information content (AvgIpc) is 3.07. The Balaban J connectivity index is 0.000000254. The standard InChI is InChI=1S/C20H22O4S.C18H18O2S/c1-20(2,12-13-21)24-18(22)14-25-17-10-8-16(9-11-17)19(23)15-6-4-3-5-7-15;1-13(2)17(19)12-21-16-10-8-15(9-11-16)18(20)14-6-4-3-5-7-14/h3-11,21H,12-14H2,1-2H3;3-11,13H,12H2,1-2H3. The molecule has 0 saturated carbocycles. The monoisotopic (exact) mass is 656 g/mol. The highest BCUT2D eigenvalue weighted by Gasteiger charge is 2.22. The third-order valence-electron chi connectivity index (χ3n) is 6.79. The van der Waals surface area contributed by atoms with Gasteiger partial charge in [0.2, 0.25) is 0 Å². The van der Waals surface area contributed by atoms with Crippen LogP contribution >= 0.6 is 23.5 Å². The normalized spacial score (nSPS) is 10.9. The number of rotatable bonds is 14. The van der Waals surface area contributed by atoms with Crippen molar-refractivity contribution in [2.24, 2.45) is 5.92 Å². The number of hydrogen-bond acceptors (Lipinski definition) is 8. The Kier molecular flexibility index (Phi) is 14.5. The Hall–Kier alpha value is -3.98. The predicted molar refractivity (Wildman–Crippen MR) is 186 cm³/mol. The highest BCUT2D eigenvalue weighted by atomic mass is 32.2. The predicted octanol–water partition coefficient (Wildman–Crippen LogP) is 7.95. The van der Waals surface area contributed by atoms with Gasteiger partial charge < -0.3 is 9.84 Å². The molecule has 0 unspecified atom stereocenters. The van der Waals surface area contributed by atoms with Gasteiger partial charge in [-0.1, -0.05) is 74.5 Å². The summed E-state index contributed by atoms with van der Waals surface area (Å²) in [6, 6.07) is 32.9. The molecule has 0 fully saturated rings. The SMILES string of the molecule is CC(C)(CCO)OC(=O)CSc1ccc(C(=O)c2ccccc2)cc1.CC(C)C(=O)CSc1ccc(C(=O)c2ccccc2)cc1. The summed E-state index contributed by atoms with van der Waals surface area (Å²) in [6.45, 7) is 7.34. The molecular formula is C38H40O6S2. The van der Waals surface area contributed by atoms with E-state index in [-0.39, 0.29) is 41.6 Å². The maximum absolute atomic E-state index is 12.3. The number of Topliss-reactive ketones (excluding diaryl/α,β-unsaturated/α-hetero) is 1. The second-order valence-electron chi connectivity index (χ2n) is 11.3. The molecule has 0 amide bonds. The summed E-state index contributed by atoms with van der Waals surface area (Å²) >= 11 is 2.87. The van der Waals surface area contributed by atoms with Crippen molar-refractivity contribution < 1.29 is 29.0 Å². The Morgan fingerprint density at radius 2 is 1.02 bits per heavy atom. The molecule has 8 heteroatoms. The summed E-state index contributed by atoms with van der Waals surface area (Å²) in [5, 5.41) is 8.95. The van der Waals surface area contributed by atoms with Crippen LogP contribution in [0.3, 0.4) is 0 Å². The summed E-state index contributed by atoms with van der Waals surface area (Å²) in [7, 11) is 0. The van der Waals surface area contributed by atoms with E-state index in [1.165, 1.54) is 23.5 Å². The van der Waals surface area contributed by atoms with Crippen LogP contribution in [0.5, 0.6) is 0 Å². The van der Waals surface area contributed by atoms with E-state index in [9.17, 15) is 19.2 Å². The molecule has 0 saturated heterocycles. The van der Waals surface area contributed by atoms with Gasteiger partial charge in [0.05, 0.1) is 11.5 Å². The van der Waals surface area contributed by atoms with Gasteiger partial charge in [-0.05, 0) is 62.4 Å². The van der Waals surface area contributed by atoms with Crippen molar-refractivity contribution in [3.63, 3.8) is 0 Å². The van der Waals surface area contributed by atoms with Gasteiger partial charge in [0, 0.05) is 51.0 Å². The van der Waals surface area contributed by atoms with Crippen molar-refractivity contribution in [2.45, 2.75) is 49.5 Å². The summed E-state index contributed by atoms with van der Waals surface area (Å²) < 4.78 is 5.35. The first-order valence-corrected chi connectivity index (χ1v) is 17.0. The number of ether oxygens (including phenoxy) is 1. The molecule has 4 aromatic rings. The van der Waals surface area contributed by atoms with Gasteiger partial charge in [-0.2, -0.15) is 0 Å². The number of benzene rings is 4. The van der Waals surface area contributed by atoms with Crippen LogP contribution in [-0.4, -0.2) is 52.1 Å². The van der Waals surface area contributed by atoms with E-state index >= 15 is 0 Å². The fraction of sp³-hybridized carbons (Fsp3) is 0.263. The second-order valence-corrected chi connectivity index (χ2v) is 13.4. The zero-order valence-electron chi connectivity index (χ0n) is 26.6. The lowest BCUT2D eigenvalue weighted by Crippen LogP contribution is -2.30. The maximum atomic E-state index is 12.3. The third-order valence-corrected chi connectivity index (χ3v) is 8.81. The largest absolute Gasteiger partial charge is 0.459 e. The molecular weight excluding hydrogens is 617 g/mol. The zero-order valence-corrected chi connectivity index (χ0v) is 28.2. The fourth-order valence-electron chi connectivity index (χ4n) is 4.04. The lowest BCUT2D eigenvalue weighted by Gasteiger charge is -2.24. The van der Waals surface area contributed by atoms with Gasteiger partial charge >= 0.3 is 5.97 Å². The molecule has 0 aliphatic rings. The van der Waals surface area contributed by atoms with E-state index < -0.39 is 5.60 Å². The van der Waals surface area contributed by atoms with Gasteiger partial charge in [0.1, 0.15) is 11.4 Å². The number of aliphatic hydroxyl groups excluding tert-OH is 1. The van der Waals surface area contributed by atoms with Crippen LogP contribution in [0.1, 0.15) is 66.0 Å². The minimum absolute atomic E-state index is 0.0189. The second kappa shape index (κ2) is 18.2. The molecule has 0 radical (unpaired) electrons. The number of esters is 1. The van der Waals surface area contributed by atoms with E-state index in [1.54, 1.807) is 38.1 Å². The topological polar surface area (TPSA) is 97.7 Å². The lowest BCUT2D eigenvalue weighted by atomic mass is 10.0. The first-order chi connectivity index (χ1) is 22.0.